The number of ether oxygens (including phenoxy) is 2. The van der Waals surface area contributed by atoms with Gasteiger partial charge in [0.25, 0.3) is 0 Å². The average molecular weight is 365 g/mol. The molecule has 1 aliphatic heterocycles. The smallest absolute Gasteiger partial charge is 0.148 e. The minimum atomic E-state index is -0.536. The van der Waals surface area contributed by atoms with E-state index >= 15 is 0 Å². The molecular formula is C21H23N3O3. The van der Waals surface area contributed by atoms with Crippen LogP contribution in [0.2, 0.25) is 0 Å². The maximum atomic E-state index is 9.81. The molecule has 0 saturated carbocycles. The van der Waals surface area contributed by atoms with Gasteiger partial charge in [-0.05, 0) is 36.2 Å². The summed E-state index contributed by atoms with van der Waals surface area (Å²) in [5.74, 6) is 1.60. The predicted octanol–water partition coefficient (Wildman–Crippen LogP) is 3.20. The van der Waals surface area contributed by atoms with E-state index in [2.05, 4.69) is 9.88 Å². The average Bonchev–Trinajstić information content (AvgIpc) is 2.73. The number of hydrogen-bond donors (Lipinski definition) is 1. The van der Waals surface area contributed by atoms with Crippen molar-refractivity contribution >= 4 is 16.9 Å². The third kappa shape index (κ3) is 3.59. The Morgan fingerprint density at radius 2 is 1.93 bits per heavy atom. The minimum Gasteiger partial charge on any atom is -0.496 e. The number of aliphatic hydroxyl groups is 1. The molecule has 140 valence electrons. The van der Waals surface area contributed by atoms with Gasteiger partial charge in [0.15, 0.2) is 0 Å². The first kappa shape index (κ1) is 17.7. The van der Waals surface area contributed by atoms with Gasteiger partial charge >= 0.3 is 0 Å². The number of morpholine rings is 1. The molecule has 0 aliphatic carbocycles. The molecule has 4 rings (SSSR count). The molecule has 1 aliphatic rings. The lowest BCUT2D eigenvalue weighted by Gasteiger charge is -2.27. The summed E-state index contributed by atoms with van der Waals surface area (Å²) in [6.07, 6.45) is 1.29. The molecule has 1 saturated heterocycles. The van der Waals surface area contributed by atoms with Gasteiger partial charge in [-0.25, -0.2) is 4.98 Å². The Hall–Kier alpha value is -2.70. The zero-order valence-electron chi connectivity index (χ0n) is 15.6. The van der Waals surface area contributed by atoms with Crippen LogP contribution in [0, 0.1) is 0 Å². The number of nitrogens with zero attached hydrogens (tertiary/aromatic N) is 3. The molecule has 0 radical (unpaired) electrons. The van der Waals surface area contributed by atoms with Gasteiger partial charge in [0.05, 0.1) is 43.7 Å². The Kier molecular flexibility index (Phi) is 4.92. The van der Waals surface area contributed by atoms with Crippen LogP contribution in [0.4, 0.5) is 5.82 Å². The van der Waals surface area contributed by atoms with Gasteiger partial charge in [-0.15, -0.1) is 0 Å². The van der Waals surface area contributed by atoms with Crippen molar-refractivity contribution in [2.75, 3.05) is 38.3 Å². The molecule has 0 bridgehead atoms. The summed E-state index contributed by atoms with van der Waals surface area (Å²) in [6.45, 7) is 4.83. The Balaban J connectivity index is 1.74. The van der Waals surface area contributed by atoms with Crippen molar-refractivity contribution in [3.8, 4) is 16.9 Å². The fourth-order valence-electron chi connectivity index (χ4n) is 3.32. The Morgan fingerprint density at radius 1 is 1.11 bits per heavy atom. The van der Waals surface area contributed by atoms with E-state index in [4.69, 9.17) is 14.5 Å². The molecular weight excluding hydrogens is 342 g/mol. The highest BCUT2D eigenvalue weighted by Gasteiger charge is 2.14. The van der Waals surface area contributed by atoms with Crippen LogP contribution in [0.5, 0.6) is 5.75 Å². The van der Waals surface area contributed by atoms with Crippen molar-refractivity contribution in [1.82, 2.24) is 9.97 Å². The molecule has 0 spiro atoms. The number of hydrogen-bond acceptors (Lipinski definition) is 6. The fourth-order valence-corrected chi connectivity index (χ4v) is 3.32. The van der Waals surface area contributed by atoms with E-state index in [1.54, 1.807) is 14.0 Å². The van der Waals surface area contributed by atoms with E-state index in [9.17, 15) is 5.11 Å². The van der Waals surface area contributed by atoms with Crippen molar-refractivity contribution in [3.05, 3.63) is 48.2 Å². The Bertz CT molecular complexity index is 953. The van der Waals surface area contributed by atoms with Crippen molar-refractivity contribution in [1.29, 1.82) is 0 Å². The second-order valence-corrected chi connectivity index (χ2v) is 6.67. The van der Waals surface area contributed by atoms with Crippen LogP contribution >= 0.6 is 0 Å². The van der Waals surface area contributed by atoms with E-state index in [0.717, 1.165) is 52.4 Å². The normalized spacial score (nSPS) is 15.7. The quantitative estimate of drug-likeness (QED) is 0.766. The third-order valence-corrected chi connectivity index (χ3v) is 4.88. The first-order valence-electron chi connectivity index (χ1n) is 9.11. The van der Waals surface area contributed by atoms with Gasteiger partial charge in [-0.2, -0.15) is 0 Å². The fraction of sp³-hybridized carbons (Fsp3) is 0.333. The molecule has 1 aromatic heterocycles. The molecule has 1 fully saturated rings. The molecule has 2 aromatic carbocycles. The number of aliphatic hydroxyl groups excluding tert-OH is 1. The number of rotatable bonds is 4. The summed E-state index contributed by atoms with van der Waals surface area (Å²) >= 11 is 0. The first-order chi connectivity index (χ1) is 13.2. The molecule has 2 heterocycles. The van der Waals surface area contributed by atoms with Crippen LogP contribution in [0.3, 0.4) is 0 Å². The molecule has 27 heavy (non-hydrogen) atoms. The Morgan fingerprint density at radius 3 is 2.67 bits per heavy atom. The second kappa shape index (κ2) is 7.50. The lowest BCUT2D eigenvalue weighted by molar-refractivity contribution is 0.122. The van der Waals surface area contributed by atoms with E-state index < -0.39 is 6.10 Å². The Labute approximate surface area is 158 Å². The van der Waals surface area contributed by atoms with E-state index in [1.165, 1.54) is 0 Å². The van der Waals surface area contributed by atoms with Gasteiger partial charge < -0.3 is 19.5 Å². The standard InChI is InChI=1S/C21H23N3O3/c1-14(25)15-3-5-17(20(12-15)26-2)16-4-6-18-19(11-16)23-21(13-22-18)24-7-9-27-10-8-24/h3-6,11-14,25H,7-10H2,1-2H3. The first-order valence-corrected chi connectivity index (χ1v) is 9.11. The highest BCUT2D eigenvalue weighted by molar-refractivity contribution is 5.84. The number of anilines is 1. The summed E-state index contributed by atoms with van der Waals surface area (Å²) in [6, 6.07) is 11.8. The summed E-state index contributed by atoms with van der Waals surface area (Å²) < 4.78 is 11.0. The van der Waals surface area contributed by atoms with Crippen LogP contribution in [-0.2, 0) is 4.74 Å². The lowest BCUT2D eigenvalue weighted by Crippen LogP contribution is -2.36. The molecule has 1 atom stereocenters. The highest BCUT2D eigenvalue weighted by atomic mass is 16.5. The molecule has 3 aromatic rings. The lowest BCUT2D eigenvalue weighted by atomic mass is 10.0. The summed E-state index contributed by atoms with van der Waals surface area (Å²) in [4.78, 5) is 11.6. The van der Waals surface area contributed by atoms with Crippen molar-refractivity contribution in [3.63, 3.8) is 0 Å². The summed E-state index contributed by atoms with van der Waals surface area (Å²) in [5, 5.41) is 9.81. The van der Waals surface area contributed by atoms with Gasteiger partial charge in [-0.1, -0.05) is 18.2 Å². The maximum Gasteiger partial charge on any atom is 0.148 e. The third-order valence-electron chi connectivity index (χ3n) is 4.88. The van der Waals surface area contributed by atoms with Crippen LogP contribution in [0.15, 0.2) is 42.6 Å². The summed E-state index contributed by atoms with van der Waals surface area (Å²) in [5.41, 5.74) is 4.49. The number of methoxy groups -OCH3 is 1. The number of benzene rings is 2. The predicted molar refractivity (Wildman–Crippen MR) is 105 cm³/mol. The molecule has 1 unspecified atom stereocenters. The zero-order chi connectivity index (χ0) is 18.8. The number of fused-ring (bicyclic) bond motifs is 1. The largest absolute Gasteiger partial charge is 0.496 e. The number of aromatic nitrogens is 2. The van der Waals surface area contributed by atoms with Crippen LogP contribution in [0.1, 0.15) is 18.6 Å². The van der Waals surface area contributed by atoms with Gasteiger partial charge in [0.2, 0.25) is 0 Å². The minimum absolute atomic E-state index is 0.536. The van der Waals surface area contributed by atoms with Gasteiger partial charge in [0.1, 0.15) is 11.6 Å². The molecule has 1 N–H and O–H groups in total. The van der Waals surface area contributed by atoms with Gasteiger partial charge in [0, 0.05) is 18.7 Å². The molecule has 0 amide bonds. The van der Waals surface area contributed by atoms with Crippen molar-refractivity contribution in [2.45, 2.75) is 13.0 Å². The zero-order valence-corrected chi connectivity index (χ0v) is 15.6. The highest BCUT2D eigenvalue weighted by Crippen LogP contribution is 2.33. The second-order valence-electron chi connectivity index (χ2n) is 6.67. The maximum absolute atomic E-state index is 9.81. The topological polar surface area (TPSA) is 67.7 Å². The van der Waals surface area contributed by atoms with Crippen molar-refractivity contribution < 1.29 is 14.6 Å². The summed E-state index contributed by atoms with van der Waals surface area (Å²) in [7, 11) is 1.64. The van der Waals surface area contributed by atoms with E-state index in [0.29, 0.717) is 13.2 Å². The van der Waals surface area contributed by atoms with Crippen molar-refractivity contribution in [2.24, 2.45) is 0 Å². The SMILES string of the molecule is COc1cc(C(C)O)ccc1-c1ccc2ncc(N3CCOCC3)nc2c1. The van der Waals surface area contributed by atoms with Crippen LogP contribution in [-0.4, -0.2) is 48.5 Å². The van der Waals surface area contributed by atoms with E-state index in [-0.39, 0.29) is 0 Å². The molecule has 6 heteroatoms. The van der Waals surface area contributed by atoms with Crippen LogP contribution < -0.4 is 9.64 Å². The van der Waals surface area contributed by atoms with E-state index in [1.807, 2.05) is 42.6 Å². The molecule has 6 nitrogen and oxygen atoms in total. The van der Waals surface area contributed by atoms with Gasteiger partial charge in [-0.3, -0.25) is 4.98 Å². The van der Waals surface area contributed by atoms with Crippen LogP contribution in [0.25, 0.3) is 22.2 Å². The monoisotopic (exact) mass is 365 g/mol.